The van der Waals surface area contributed by atoms with Crippen molar-refractivity contribution in [3.8, 4) is 11.3 Å². The Bertz CT molecular complexity index is 670. The summed E-state index contributed by atoms with van der Waals surface area (Å²) in [4.78, 5) is 4.71. The molecule has 27 heavy (non-hydrogen) atoms. The molecule has 0 aliphatic heterocycles. The molecule has 0 spiro atoms. The molecule has 146 valence electrons. The Labute approximate surface area is 166 Å². The molecular weight excluding hydrogens is 326 g/mol. The van der Waals surface area contributed by atoms with Crippen molar-refractivity contribution in [1.82, 2.24) is 4.98 Å². The molecule has 2 aromatic rings. The van der Waals surface area contributed by atoms with Crippen molar-refractivity contribution in [3.63, 3.8) is 0 Å². The number of hydrogen-bond acceptors (Lipinski definition) is 1. The highest BCUT2D eigenvalue weighted by molar-refractivity contribution is 5.59. The van der Waals surface area contributed by atoms with Crippen molar-refractivity contribution < 1.29 is 0 Å². The van der Waals surface area contributed by atoms with Gasteiger partial charge in [-0.3, -0.25) is 4.98 Å². The fraction of sp³-hybridized carbons (Fsp3) is 0.577. The Morgan fingerprint density at radius 2 is 1.74 bits per heavy atom. The van der Waals surface area contributed by atoms with Crippen LogP contribution in [0.4, 0.5) is 0 Å². The molecule has 1 heterocycles. The standard InChI is InChI=1S/C26H37N/c1-4-6-7-9-21-10-17-26(27-19-21)24-14-12-23(13-15-24)25-16-11-22(8-5-2)20(3)18-25/h10,12-15,17,19-20,22,25H,4-9,11,16,18H2,1-3H3/t20-,22-,25+/m0/s1. The normalized spacial score (nSPS) is 22.7. The van der Waals surface area contributed by atoms with Gasteiger partial charge in [0, 0.05) is 11.8 Å². The maximum Gasteiger partial charge on any atom is 0.0702 e. The summed E-state index contributed by atoms with van der Waals surface area (Å²) in [6.45, 7) is 7.04. The molecule has 0 radical (unpaired) electrons. The molecule has 0 bridgehead atoms. The summed E-state index contributed by atoms with van der Waals surface area (Å²) < 4.78 is 0. The molecule has 0 saturated heterocycles. The monoisotopic (exact) mass is 363 g/mol. The highest BCUT2D eigenvalue weighted by atomic mass is 14.7. The quantitative estimate of drug-likeness (QED) is 0.436. The van der Waals surface area contributed by atoms with Crippen molar-refractivity contribution in [2.24, 2.45) is 11.8 Å². The van der Waals surface area contributed by atoms with E-state index >= 15 is 0 Å². The minimum atomic E-state index is 0.746. The lowest BCUT2D eigenvalue weighted by Crippen LogP contribution is -2.21. The lowest BCUT2D eigenvalue weighted by molar-refractivity contribution is 0.218. The van der Waals surface area contributed by atoms with E-state index < -0.39 is 0 Å². The SMILES string of the molecule is CCCCCc1ccc(-c2ccc([C@@H]3CC[C@H](CCC)[C@@H](C)C3)cc2)nc1. The third-order valence-electron chi connectivity index (χ3n) is 6.58. The van der Waals surface area contributed by atoms with Gasteiger partial charge in [-0.05, 0) is 67.1 Å². The van der Waals surface area contributed by atoms with E-state index in [-0.39, 0.29) is 0 Å². The van der Waals surface area contributed by atoms with Gasteiger partial charge in [-0.15, -0.1) is 0 Å². The van der Waals surface area contributed by atoms with Crippen LogP contribution in [-0.4, -0.2) is 4.98 Å². The smallest absolute Gasteiger partial charge is 0.0702 e. The Kier molecular flexibility index (Phi) is 7.50. The third kappa shape index (κ3) is 5.43. The maximum atomic E-state index is 4.71. The Balaban J connectivity index is 1.60. The molecule has 1 aliphatic rings. The topological polar surface area (TPSA) is 12.9 Å². The predicted octanol–water partition coefficient (Wildman–Crippen LogP) is 7.80. The van der Waals surface area contributed by atoms with Gasteiger partial charge in [0.15, 0.2) is 0 Å². The van der Waals surface area contributed by atoms with Crippen LogP contribution in [0.1, 0.15) is 89.2 Å². The summed E-state index contributed by atoms with van der Waals surface area (Å²) in [7, 11) is 0. The first-order valence-corrected chi connectivity index (χ1v) is 11.3. The van der Waals surface area contributed by atoms with Crippen LogP contribution >= 0.6 is 0 Å². The van der Waals surface area contributed by atoms with Gasteiger partial charge in [0.05, 0.1) is 5.69 Å². The minimum Gasteiger partial charge on any atom is -0.256 e. The predicted molar refractivity (Wildman–Crippen MR) is 117 cm³/mol. The second kappa shape index (κ2) is 10.1. The van der Waals surface area contributed by atoms with Gasteiger partial charge < -0.3 is 0 Å². The van der Waals surface area contributed by atoms with Crippen molar-refractivity contribution in [3.05, 3.63) is 53.7 Å². The molecule has 1 fully saturated rings. The molecular formula is C26H37N. The average molecular weight is 364 g/mol. The van der Waals surface area contributed by atoms with Crippen molar-refractivity contribution in [1.29, 1.82) is 0 Å². The molecule has 1 saturated carbocycles. The number of rotatable bonds is 8. The molecule has 1 aliphatic carbocycles. The van der Waals surface area contributed by atoms with E-state index in [1.54, 1.807) is 0 Å². The van der Waals surface area contributed by atoms with E-state index in [0.717, 1.165) is 29.9 Å². The van der Waals surface area contributed by atoms with E-state index in [1.807, 2.05) is 0 Å². The molecule has 1 nitrogen and oxygen atoms in total. The van der Waals surface area contributed by atoms with Crippen LogP contribution in [0, 0.1) is 11.8 Å². The van der Waals surface area contributed by atoms with Crippen molar-refractivity contribution >= 4 is 0 Å². The van der Waals surface area contributed by atoms with Crippen LogP contribution < -0.4 is 0 Å². The van der Waals surface area contributed by atoms with E-state index in [4.69, 9.17) is 4.98 Å². The first kappa shape index (κ1) is 20.1. The van der Waals surface area contributed by atoms with E-state index in [0.29, 0.717) is 0 Å². The summed E-state index contributed by atoms with van der Waals surface area (Å²) in [5, 5.41) is 0. The number of aromatic nitrogens is 1. The van der Waals surface area contributed by atoms with Crippen LogP contribution in [0.3, 0.4) is 0 Å². The molecule has 1 aromatic carbocycles. The molecule has 3 atom stereocenters. The van der Waals surface area contributed by atoms with Crippen LogP contribution in [0.5, 0.6) is 0 Å². The number of benzene rings is 1. The minimum absolute atomic E-state index is 0.746. The Hall–Kier alpha value is -1.63. The number of pyridine rings is 1. The molecule has 3 rings (SSSR count). The zero-order valence-corrected chi connectivity index (χ0v) is 17.6. The van der Waals surface area contributed by atoms with Crippen molar-refractivity contribution in [2.45, 2.75) is 84.5 Å². The van der Waals surface area contributed by atoms with Gasteiger partial charge in [0.2, 0.25) is 0 Å². The summed E-state index contributed by atoms with van der Waals surface area (Å²) in [6, 6.07) is 13.7. The lowest BCUT2D eigenvalue weighted by atomic mass is 9.71. The molecule has 1 heteroatoms. The summed E-state index contributed by atoms with van der Waals surface area (Å²) in [5.74, 6) is 2.56. The summed E-state index contributed by atoms with van der Waals surface area (Å²) in [6.07, 6.45) is 13.9. The largest absolute Gasteiger partial charge is 0.256 e. The Morgan fingerprint density at radius 3 is 2.37 bits per heavy atom. The zero-order chi connectivity index (χ0) is 19.1. The van der Waals surface area contributed by atoms with Crippen LogP contribution in [0.2, 0.25) is 0 Å². The molecule has 1 aromatic heterocycles. The summed E-state index contributed by atoms with van der Waals surface area (Å²) in [5.41, 5.74) is 5.23. The third-order valence-corrected chi connectivity index (χ3v) is 6.58. The first-order chi connectivity index (χ1) is 13.2. The van der Waals surface area contributed by atoms with Crippen molar-refractivity contribution in [2.75, 3.05) is 0 Å². The molecule has 0 N–H and O–H groups in total. The van der Waals surface area contributed by atoms with E-state index in [9.17, 15) is 0 Å². The highest BCUT2D eigenvalue weighted by Gasteiger charge is 2.27. The summed E-state index contributed by atoms with van der Waals surface area (Å²) >= 11 is 0. The van der Waals surface area contributed by atoms with E-state index in [2.05, 4.69) is 63.4 Å². The average Bonchev–Trinajstić information content (AvgIpc) is 2.71. The van der Waals surface area contributed by atoms with Gasteiger partial charge in [-0.1, -0.05) is 76.8 Å². The van der Waals surface area contributed by atoms with Gasteiger partial charge >= 0.3 is 0 Å². The second-order valence-corrected chi connectivity index (χ2v) is 8.67. The number of unbranched alkanes of at least 4 members (excludes halogenated alkanes) is 2. The van der Waals surface area contributed by atoms with E-state index in [1.165, 1.54) is 68.1 Å². The van der Waals surface area contributed by atoms with Gasteiger partial charge in [0.25, 0.3) is 0 Å². The van der Waals surface area contributed by atoms with Gasteiger partial charge in [-0.25, -0.2) is 0 Å². The number of nitrogens with zero attached hydrogens (tertiary/aromatic N) is 1. The fourth-order valence-electron chi connectivity index (χ4n) is 4.81. The number of aryl methyl sites for hydroxylation is 1. The van der Waals surface area contributed by atoms with Gasteiger partial charge in [0.1, 0.15) is 0 Å². The molecule has 0 amide bonds. The number of hydrogen-bond donors (Lipinski definition) is 0. The van der Waals surface area contributed by atoms with Gasteiger partial charge in [-0.2, -0.15) is 0 Å². The lowest BCUT2D eigenvalue weighted by Gasteiger charge is -2.34. The Morgan fingerprint density at radius 1 is 0.926 bits per heavy atom. The van der Waals surface area contributed by atoms with Crippen LogP contribution in [0.25, 0.3) is 11.3 Å². The molecule has 0 unspecified atom stereocenters. The first-order valence-electron chi connectivity index (χ1n) is 11.3. The van der Waals surface area contributed by atoms with Crippen LogP contribution in [-0.2, 0) is 6.42 Å². The van der Waals surface area contributed by atoms with Crippen LogP contribution in [0.15, 0.2) is 42.6 Å². The highest BCUT2D eigenvalue weighted by Crippen LogP contribution is 2.41. The fourth-order valence-corrected chi connectivity index (χ4v) is 4.81. The maximum absolute atomic E-state index is 4.71. The second-order valence-electron chi connectivity index (χ2n) is 8.67. The zero-order valence-electron chi connectivity index (χ0n) is 17.6.